The number of hydrazone groups is 1. The molecule has 0 aliphatic heterocycles. The molecular formula is C8H9ClN4O. The van der Waals surface area contributed by atoms with Crippen LogP contribution in [0.2, 0.25) is 5.02 Å². The Morgan fingerprint density at radius 3 is 2.64 bits per heavy atom. The fourth-order valence-electron chi connectivity index (χ4n) is 0.747. The number of urea groups is 1. The Bertz CT molecular complexity index is 336. The third kappa shape index (κ3) is 3.42. The van der Waals surface area contributed by atoms with Gasteiger partial charge >= 0.3 is 6.03 Å². The van der Waals surface area contributed by atoms with Crippen molar-refractivity contribution in [2.24, 2.45) is 10.9 Å². The van der Waals surface area contributed by atoms with Gasteiger partial charge in [-0.3, -0.25) is 5.43 Å². The molecule has 0 saturated heterocycles. The van der Waals surface area contributed by atoms with Crippen molar-refractivity contribution in [3.8, 4) is 0 Å². The number of hydrogen-bond acceptors (Lipinski definition) is 3. The van der Waals surface area contributed by atoms with Crippen molar-refractivity contribution in [1.29, 1.82) is 0 Å². The van der Waals surface area contributed by atoms with Crippen molar-refractivity contribution in [1.82, 2.24) is 10.9 Å². The van der Waals surface area contributed by atoms with Crippen LogP contribution < -0.4 is 16.7 Å². The average Bonchev–Trinajstić information content (AvgIpc) is 2.21. The predicted octanol–water partition coefficient (Wildman–Crippen LogP) is 0.847. The normalized spacial score (nSPS) is 10.1. The van der Waals surface area contributed by atoms with Crippen LogP contribution >= 0.6 is 11.6 Å². The second kappa shape index (κ2) is 5.21. The van der Waals surface area contributed by atoms with Gasteiger partial charge in [-0.05, 0) is 17.7 Å². The number of carbonyl (C=O) groups excluding carboxylic acids is 1. The minimum atomic E-state index is -0.574. The zero-order valence-corrected chi connectivity index (χ0v) is 7.95. The second-order valence-corrected chi connectivity index (χ2v) is 2.83. The van der Waals surface area contributed by atoms with Crippen LogP contribution in [-0.2, 0) is 0 Å². The minimum absolute atomic E-state index is 0.574. The maximum Gasteiger partial charge on any atom is 0.349 e. The van der Waals surface area contributed by atoms with Crippen molar-refractivity contribution in [2.45, 2.75) is 0 Å². The van der Waals surface area contributed by atoms with E-state index in [2.05, 4.69) is 10.5 Å². The topological polar surface area (TPSA) is 79.5 Å². The summed E-state index contributed by atoms with van der Waals surface area (Å²) in [5, 5.41) is 4.28. The first kappa shape index (κ1) is 10.5. The molecule has 2 amide bonds. The predicted molar refractivity (Wildman–Crippen MR) is 54.9 cm³/mol. The summed E-state index contributed by atoms with van der Waals surface area (Å²) in [6, 6.07) is 6.43. The number of nitrogens with two attached hydrogens (primary N) is 1. The van der Waals surface area contributed by atoms with Gasteiger partial charge in [0.25, 0.3) is 0 Å². The van der Waals surface area contributed by atoms with E-state index in [4.69, 9.17) is 17.4 Å². The summed E-state index contributed by atoms with van der Waals surface area (Å²) in [5.74, 6) is 4.82. The van der Waals surface area contributed by atoms with E-state index in [0.717, 1.165) is 5.56 Å². The highest BCUT2D eigenvalue weighted by atomic mass is 35.5. The number of benzene rings is 1. The number of rotatable bonds is 2. The molecule has 74 valence electrons. The molecule has 1 rings (SSSR count). The quantitative estimate of drug-likeness (QED) is 0.294. The molecule has 1 aromatic carbocycles. The number of amides is 2. The standard InChI is InChI=1S/C8H9ClN4O/c9-7-3-1-6(2-4-7)5-11-13-8(14)12-10/h1-5H,10H2,(H2,12,13,14)/b11-5+. The van der Waals surface area contributed by atoms with E-state index in [-0.39, 0.29) is 0 Å². The van der Waals surface area contributed by atoms with Gasteiger partial charge in [0.1, 0.15) is 0 Å². The van der Waals surface area contributed by atoms with Gasteiger partial charge in [-0.15, -0.1) is 0 Å². The van der Waals surface area contributed by atoms with Crippen LogP contribution in [0.3, 0.4) is 0 Å². The van der Waals surface area contributed by atoms with Crippen LogP contribution in [0.25, 0.3) is 0 Å². The number of hydrazine groups is 1. The van der Waals surface area contributed by atoms with Gasteiger partial charge in [0.15, 0.2) is 0 Å². The lowest BCUT2D eigenvalue weighted by atomic mass is 10.2. The van der Waals surface area contributed by atoms with Crippen LogP contribution in [0.15, 0.2) is 29.4 Å². The van der Waals surface area contributed by atoms with Crippen LogP contribution in [0, 0.1) is 0 Å². The molecule has 6 heteroatoms. The lowest BCUT2D eigenvalue weighted by Gasteiger charge is -1.96. The maximum atomic E-state index is 10.6. The van der Waals surface area contributed by atoms with Crippen LogP contribution in [-0.4, -0.2) is 12.2 Å². The van der Waals surface area contributed by atoms with Crippen molar-refractivity contribution in [3.63, 3.8) is 0 Å². The second-order valence-electron chi connectivity index (χ2n) is 2.40. The third-order valence-corrected chi connectivity index (χ3v) is 1.63. The highest BCUT2D eigenvalue weighted by molar-refractivity contribution is 6.30. The highest BCUT2D eigenvalue weighted by Gasteiger charge is 1.91. The van der Waals surface area contributed by atoms with Gasteiger partial charge in [-0.25, -0.2) is 16.1 Å². The Labute approximate surface area is 85.9 Å². The molecule has 0 aromatic heterocycles. The van der Waals surface area contributed by atoms with Gasteiger partial charge in [0, 0.05) is 5.02 Å². The summed E-state index contributed by atoms with van der Waals surface area (Å²) in [6.45, 7) is 0. The molecular weight excluding hydrogens is 204 g/mol. The van der Waals surface area contributed by atoms with Crippen LogP contribution in [0.1, 0.15) is 5.56 Å². The Morgan fingerprint density at radius 1 is 1.43 bits per heavy atom. The molecule has 4 N–H and O–H groups in total. The number of hydrogen-bond donors (Lipinski definition) is 3. The highest BCUT2D eigenvalue weighted by Crippen LogP contribution is 2.07. The van der Waals surface area contributed by atoms with Gasteiger partial charge in [0.05, 0.1) is 6.21 Å². The SMILES string of the molecule is NNC(=O)N/N=C/c1ccc(Cl)cc1. The van der Waals surface area contributed by atoms with Gasteiger partial charge in [0.2, 0.25) is 0 Å². The summed E-state index contributed by atoms with van der Waals surface area (Å²) in [5.41, 5.74) is 4.86. The lowest BCUT2D eigenvalue weighted by Crippen LogP contribution is -2.37. The summed E-state index contributed by atoms with van der Waals surface area (Å²) >= 11 is 5.68. The number of halogens is 1. The van der Waals surface area contributed by atoms with E-state index in [0.29, 0.717) is 5.02 Å². The Hall–Kier alpha value is -1.59. The molecule has 14 heavy (non-hydrogen) atoms. The monoisotopic (exact) mass is 212 g/mol. The summed E-state index contributed by atoms with van der Waals surface area (Å²) < 4.78 is 0. The summed E-state index contributed by atoms with van der Waals surface area (Å²) in [6.07, 6.45) is 1.48. The first-order valence-electron chi connectivity index (χ1n) is 3.77. The fourth-order valence-corrected chi connectivity index (χ4v) is 0.873. The average molecular weight is 213 g/mol. The molecule has 0 spiro atoms. The molecule has 0 atom stereocenters. The van der Waals surface area contributed by atoms with Crippen molar-refractivity contribution in [3.05, 3.63) is 34.9 Å². The van der Waals surface area contributed by atoms with E-state index in [1.54, 1.807) is 24.3 Å². The molecule has 0 bridgehead atoms. The van der Waals surface area contributed by atoms with Crippen LogP contribution in [0.4, 0.5) is 4.79 Å². The lowest BCUT2D eigenvalue weighted by molar-refractivity contribution is 0.241. The Morgan fingerprint density at radius 2 is 2.07 bits per heavy atom. The first-order chi connectivity index (χ1) is 6.72. The van der Waals surface area contributed by atoms with Crippen molar-refractivity contribution < 1.29 is 4.79 Å². The van der Waals surface area contributed by atoms with Crippen LogP contribution in [0.5, 0.6) is 0 Å². The first-order valence-corrected chi connectivity index (χ1v) is 4.15. The minimum Gasteiger partial charge on any atom is -0.274 e. The van der Waals surface area contributed by atoms with E-state index >= 15 is 0 Å². The largest absolute Gasteiger partial charge is 0.349 e. The fraction of sp³-hybridized carbons (Fsp3) is 0. The molecule has 0 unspecified atom stereocenters. The van der Waals surface area contributed by atoms with E-state index < -0.39 is 6.03 Å². The zero-order chi connectivity index (χ0) is 10.4. The molecule has 0 heterocycles. The van der Waals surface area contributed by atoms with Gasteiger partial charge in [-0.1, -0.05) is 23.7 Å². The van der Waals surface area contributed by atoms with Gasteiger partial charge in [-0.2, -0.15) is 5.10 Å². The summed E-state index contributed by atoms with van der Waals surface area (Å²) in [4.78, 5) is 10.6. The molecule has 0 aliphatic rings. The number of nitrogens with zero attached hydrogens (tertiary/aromatic N) is 1. The zero-order valence-electron chi connectivity index (χ0n) is 7.20. The smallest absolute Gasteiger partial charge is 0.274 e. The van der Waals surface area contributed by atoms with Crippen molar-refractivity contribution in [2.75, 3.05) is 0 Å². The van der Waals surface area contributed by atoms with E-state index in [1.165, 1.54) is 6.21 Å². The molecule has 0 saturated carbocycles. The molecule has 0 aliphatic carbocycles. The molecule has 0 radical (unpaired) electrons. The summed E-state index contributed by atoms with van der Waals surface area (Å²) in [7, 11) is 0. The Kier molecular flexibility index (Phi) is 3.90. The Balaban J connectivity index is 2.52. The number of carbonyl (C=O) groups is 1. The molecule has 0 fully saturated rings. The van der Waals surface area contributed by atoms with Gasteiger partial charge < -0.3 is 0 Å². The number of nitrogens with one attached hydrogen (secondary N) is 2. The maximum absolute atomic E-state index is 10.6. The third-order valence-electron chi connectivity index (χ3n) is 1.38. The molecule has 5 nitrogen and oxygen atoms in total. The van der Waals surface area contributed by atoms with E-state index in [9.17, 15) is 4.79 Å². The van der Waals surface area contributed by atoms with E-state index in [1.807, 2.05) is 5.43 Å². The van der Waals surface area contributed by atoms with Crippen molar-refractivity contribution >= 4 is 23.8 Å². The molecule has 1 aromatic rings.